The molecule has 1 aromatic rings. The fraction of sp³-hybridized carbons (Fsp3) is 0.533. The van der Waals surface area contributed by atoms with E-state index in [1.54, 1.807) is 0 Å². The van der Waals surface area contributed by atoms with Gasteiger partial charge >= 0.3 is 12.4 Å². The molecule has 1 aliphatic heterocycles. The predicted octanol–water partition coefficient (Wildman–Crippen LogP) is 4.31. The van der Waals surface area contributed by atoms with Gasteiger partial charge in [0, 0.05) is 18.2 Å². The highest BCUT2D eigenvalue weighted by atomic mass is 35.5. The first-order valence-corrected chi connectivity index (χ1v) is 8.40. The largest absolute Gasteiger partial charge is 0.434 e. The predicted molar refractivity (Wildman–Crippen MR) is 85.7 cm³/mol. The Morgan fingerprint density at radius 2 is 1.78 bits per heavy atom. The molecule has 0 unspecified atom stereocenters. The van der Waals surface area contributed by atoms with Crippen molar-refractivity contribution >= 4 is 29.1 Å². The molecule has 0 spiro atoms. The summed E-state index contributed by atoms with van der Waals surface area (Å²) >= 11 is 11.3. The summed E-state index contributed by atoms with van der Waals surface area (Å²) in [6.45, 7) is -0.516. The second kappa shape index (κ2) is 8.02. The third kappa shape index (κ3) is 4.79. The molecular weight excluding hydrogens is 425 g/mol. The summed E-state index contributed by atoms with van der Waals surface area (Å²) in [5.41, 5.74) is -5.26. The van der Waals surface area contributed by atoms with Crippen LogP contribution in [-0.4, -0.2) is 43.2 Å². The Morgan fingerprint density at radius 3 is 2.26 bits per heavy atom. The van der Waals surface area contributed by atoms with E-state index in [2.05, 4.69) is 0 Å². The molecule has 1 saturated heterocycles. The molecular formula is C15H14Cl2F6N2O2. The first-order chi connectivity index (χ1) is 12.4. The van der Waals surface area contributed by atoms with Gasteiger partial charge in [-0.25, -0.2) is 0 Å². The highest BCUT2D eigenvalue weighted by molar-refractivity contribution is 6.36. The van der Waals surface area contributed by atoms with Gasteiger partial charge in [0.15, 0.2) is 0 Å². The molecule has 1 heterocycles. The van der Waals surface area contributed by atoms with Gasteiger partial charge < -0.3 is 10.1 Å². The van der Waals surface area contributed by atoms with Gasteiger partial charge in [0.2, 0.25) is 0 Å². The lowest BCUT2D eigenvalue weighted by Gasteiger charge is -2.39. The van der Waals surface area contributed by atoms with Crippen LogP contribution in [0.15, 0.2) is 18.2 Å². The van der Waals surface area contributed by atoms with E-state index in [1.807, 2.05) is 0 Å². The minimum Gasteiger partial charge on any atom is -0.377 e. The third-order valence-corrected chi connectivity index (χ3v) is 4.49. The van der Waals surface area contributed by atoms with Gasteiger partial charge in [-0.15, -0.1) is 0 Å². The van der Waals surface area contributed by atoms with E-state index in [0.29, 0.717) is 12.8 Å². The number of hydrogen-bond donors (Lipinski definition) is 2. The van der Waals surface area contributed by atoms with Crippen LogP contribution in [0.3, 0.4) is 0 Å². The molecule has 4 nitrogen and oxygen atoms in total. The van der Waals surface area contributed by atoms with E-state index in [-0.39, 0.29) is 11.6 Å². The maximum atomic E-state index is 13.5. The zero-order chi connectivity index (χ0) is 20.5. The Morgan fingerprint density at radius 1 is 1.15 bits per heavy atom. The minimum absolute atomic E-state index is 0.0611. The van der Waals surface area contributed by atoms with Gasteiger partial charge in [0.05, 0.1) is 16.7 Å². The standard InChI is InChI=1S/C15H14Cl2F6N2O2/c16-8-3-4-10(11(17)6-8)12(26)25-13(14(18,19)20,15(21,22)23)24-7-9-2-1-5-27-9/h3-4,6,9,24H,1-2,5,7H2,(H,25,26)/t9-/m0/s1. The number of halogens is 8. The van der Waals surface area contributed by atoms with Crippen molar-refractivity contribution in [2.24, 2.45) is 0 Å². The molecule has 1 aliphatic rings. The lowest BCUT2D eigenvalue weighted by Crippen LogP contribution is -2.76. The molecule has 27 heavy (non-hydrogen) atoms. The van der Waals surface area contributed by atoms with Gasteiger partial charge in [0.25, 0.3) is 11.6 Å². The first kappa shape index (κ1) is 22.1. The summed E-state index contributed by atoms with van der Waals surface area (Å²) in [6, 6.07) is 3.07. The number of nitrogens with one attached hydrogen (secondary N) is 2. The topological polar surface area (TPSA) is 50.4 Å². The number of carbonyl (C=O) groups is 1. The third-order valence-electron chi connectivity index (χ3n) is 3.95. The summed E-state index contributed by atoms with van der Waals surface area (Å²) in [4.78, 5) is 12.2. The highest BCUT2D eigenvalue weighted by Crippen LogP contribution is 2.42. The summed E-state index contributed by atoms with van der Waals surface area (Å²) in [6.07, 6.45) is -11.8. The van der Waals surface area contributed by atoms with Gasteiger partial charge in [-0.2, -0.15) is 26.3 Å². The van der Waals surface area contributed by atoms with Crippen LogP contribution in [0.1, 0.15) is 23.2 Å². The number of ether oxygens (including phenoxy) is 1. The maximum absolute atomic E-state index is 13.5. The van der Waals surface area contributed by atoms with Crippen molar-refractivity contribution in [3.05, 3.63) is 33.8 Å². The Bertz CT molecular complexity index is 676. The van der Waals surface area contributed by atoms with Crippen LogP contribution in [0.25, 0.3) is 0 Å². The second-order valence-corrected chi connectivity index (χ2v) is 6.68. The van der Waals surface area contributed by atoms with Crippen LogP contribution in [0.5, 0.6) is 0 Å². The Hall–Kier alpha value is -1.23. The van der Waals surface area contributed by atoms with E-state index in [0.717, 1.165) is 23.5 Å². The Labute approximate surface area is 160 Å². The van der Waals surface area contributed by atoms with Gasteiger partial charge in [-0.05, 0) is 31.0 Å². The van der Waals surface area contributed by atoms with Crippen LogP contribution < -0.4 is 10.6 Å². The molecule has 1 aromatic carbocycles. The molecule has 0 aromatic heterocycles. The average molecular weight is 439 g/mol. The van der Waals surface area contributed by atoms with Crippen LogP contribution in [0.2, 0.25) is 10.0 Å². The van der Waals surface area contributed by atoms with E-state index in [4.69, 9.17) is 27.9 Å². The SMILES string of the molecule is O=C(NC(NC[C@@H]1CCCO1)(C(F)(F)F)C(F)(F)F)c1ccc(Cl)cc1Cl. The minimum atomic E-state index is -5.89. The molecule has 0 bridgehead atoms. The van der Waals surface area contributed by atoms with E-state index in [9.17, 15) is 31.1 Å². The van der Waals surface area contributed by atoms with E-state index in [1.165, 1.54) is 5.32 Å². The van der Waals surface area contributed by atoms with E-state index >= 15 is 0 Å². The molecule has 2 rings (SSSR count). The summed E-state index contributed by atoms with van der Waals surface area (Å²) in [5.74, 6) is -1.66. The number of benzene rings is 1. The molecule has 0 radical (unpaired) electrons. The Kier molecular flexibility index (Phi) is 6.55. The summed E-state index contributed by atoms with van der Waals surface area (Å²) < 4.78 is 86.0. The number of rotatable bonds is 5. The van der Waals surface area contributed by atoms with Gasteiger partial charge in [-0.1, -0.05) is 23.2 Å². The number of hydrogen-bond acceptors (Lipinski definition) is 3. The Balaban J connectivity index is 2.36. The van der Waals surface area contributed by atoms with Crippen molar-refractivity contribution in [3.63, 3.8) is 0 Å². The first-order valence-electron chi connectivity index (χ1n) is 7.65. The number of alkyl halides is 6. The summed E-state index contributed by atoms with van der Waals surface area (Å²) in [5, 5.41) is 2.11. The lowest BCUT2D eigenvalue weighted by molar-refractivity contribution is -0.314. The second-order valence-electron chi connectivity index (χ2n) is 5.84. The maximum Gasteiger partial charge on any atom is 0.434 e. The van der Waals surface area contributed by atoms with Crippen molar-refractivity contribution in [2.75, 3.05) is 13.2 Å². The molecule has 0 saturated carbocycles. The normalized spacial score (nSPS) is 18.6. The zero-order valence-electron chi connectivity index (χ0n) is 13.5. The average Bonchev–Trinajstić information content (AvgIpc) is 3.02. The van der Waals surface area contributed by atoms with E-state index < -0.39 is 47.2 Å². The van der Waals surface area contributed by atoms with Crippen LogP contribution >= 0.6 is 23.2 Å². The molecule has 1 fully saturated rings. The van der Waals surface area contributed by atoms with Crippen molar-refractivity contribution in [2.45, 2.75) is 37.0 Å². The lowest BCUT2D eigenvalue weighted by atomic mass is 10.1. The smallest absolute Gasteiger partial charge is 0.377 e. The molecule has 12 heteroatoms. The van der Waals surface area contributed by atoms with Crippen molar-refractivity contribution in [3.8, 4) is 0 Å². The van der Waals surface area contributed by atoms with Crippen LogP contribution in [0.4, 0.5) is 26.3 Å². The quantitative estimate of drug-likeness (QED) is 0.531. The zero-order valence-corrected chi connectivity index (χ0v) is 15.0. The molecule has 1 atom stereocenters. The van der Waals surface area contributed by atoms with Crippen LogP contribution in [0, 0.1) is 0 Å². The molecule has 2 N–H and O–H groups in total. The van der Waals surface area contributed by atoms with Crippen LogP contribution in [-0.2, 0) is 4.74 Å². The molecule has 0 aliphatic carbocycles. The van der Waals surface area contributed by atoms with Gasteiger partial charge in [-0.3, -0.25) is 10.1 Å². The number of carbonyl (C=O) groups excluding carboxylic acids is 1. The fourth-order valence-electron chi connectivity index (χ4n) is 2.53. The monoisotopic (exact) mass is 438 g/mol. The van der Waals surface area contributed by atoms with Crippen molar-refractivity contribution in [1.82, 2.24) is 10.6 Å². The number of amides is 1. The summed E-state index contributed by atoms with van der Waals surface area (Å²) in [7, 11) is 0. The fourth-order valence-corrected chi connectivity index (χ4v) is 3.02. The van der Waals surface area contributed by atoms with Gasteiger partial charge in [0.1, 0.15) is 0 Å². The van der Waals surface area contributed by atoms with Crippen molar-refractivity contribution in [1.29, 1.82) is 0 Å². The highest BCUT2D eigenvalue weighted by Gasteiger charge is 2.72. The molecule has 152 valence electrons. The molecule has 1 amide bonds. The van der Waals surface area contributed by atoms with Crippen molar-refractivity contribution < 1.29 is 35.9 Å².